The predicted molar refractivity (Wildman–Crippen MR) is 80.8 cm³/mol. The highest BCUT2D eigenvalue weighted by Gasteiger charge is 2.30. The molecule has 2 heteroatoms. The van der Waals surface area contributed by atoms with E-state index in [1.165, 1.54) is 55.5 Å². The largest absolute Gasteiger partial charge is 0.368 e. The number of piperazine rings is 1. The standard InChI is InChI=1S/C17H20N2/c1-2-8-16-14(5-1)6-3-9-17(16)19-12-11-18-10-4-7-15(18)13-19/h1-3,5-6,8-9,15H,4,7,10-13H2. The van der Waals surface area contributed by atoms with Gasteiger partial charge in [-0.15, -0.1) is 0 Å². The molecule has 0 bridgehead atoms. The van der Waals surface area contributed by atoms with E-state index >= 15 is 0 Å². The first kappa shape index (κ1) is 11.3. The molecule has 1 unspecified atom stereocenters. The number of anilines is 1. The van der Waals surface area contributed by atoms with Crippen molar-refractivity contribution in [3.8, 4) is 0 Å². The van der Waals surface area contributed by atoms with Gasteiger partial charge in [-0.05, 0) is 30.8 Å². The van der Waals surface area contributed by atoms with E-state index in [9.17, 15) is 0 Å². The van der Waals surface area contributed by atoms with Crippen molar-refractivity contribution in [1.29, 1.82) is 0 Å². The number of rotatable bonds is 1. The first-order valence-corrected chi connectivity index (χ1v) is 7.38. The Bertz CT molecular complexity index is 587. The first-order chi connectivity index (χ1) is 9.42. The SMILES string of the molecule is c1ccc2c(N3CCN4CCCC4C3)cccc2c1. The lowest BCUT2D eigenvalue weighted by Crippen LogP contribution is -2.50. The van der Waals surface area contributed by atoms with Gasteiger partial charge < -0.3 is 4.90 Å². The first-order valence-electron chi connectivity index (χ1n) is 7.38. The minimum absolute atomic E-state index is 0.785. The smallest absolute Gasteiger partial charge is 0.0446 e. The van der Waals surface area contributed by atoms with E-state index in [2.05, 4.69) is 52.3 Å². The van der Waals surface area contributed by atoms with E-state index in [1.54, 1.807) is 0 Å². The average Bonchev–Trinajstić information content (AvgIpc) is 2.94. The van der Waals surface area contributed by atoms with E-state index in [0.717, 1.165) is 6.04 Å². The lowest BCUT2D eigenvalue weighted by atomic mass is 10.1. The van der Waals surface area contributed by atoms with E-state index in [0.29, 0.717) is 0 Å². The molecule has 2 fully saturated rings. The zero-order valence-electron chi connectivity index (χ0n) is 11.3. The molecule has 0 aromatic heterocycles. The van der Waals surface area contributed by atoms with Crippen LogP contribution in [0.2, 0.25) is 0 Å². The molecule has 2 aliphatic rings. The second kappa shape index (κ2) is 4.53. The molecule has 2 aromatic carbocycles. The van der Waals surface area contributed by atoms with Crippen molar-refractivity contribution in [2.45, 2.75) is 18.9 Å². The summed E-state index contributed by atoms with van der Waals surface area (Å²) < 4.78 is 0. The molecule has 2 nitrogen and oxygen atoms in total. The lowest BCUT2D eigenvalue weighted by molar-refractivity contribution is 0.231. The third kappa shape index (κ3) is 1.91. The van der Waals surface area contributed by atoms with E-state index in [1.807, 2.05) is 0 Å². The van der Waals surface area contributed by atoms with Gasteiger partial charge >= 0.3 is 0 Å². The zero-order valence-corrected chi connectivity index (χ0v) is 11.3. The summed E-state index contributed by atoms with van der Waals surface area (Å²) in [6.45, 7) is 4.92. The second-order valence-electron chi connectivity index (χ2n) is 5.78. The van der Waals surface area contributed by atoms with Crippen LogP contribution < -0.4 is 4.90 Å². The normalized spacial score (nSPS) is 23.8. The molecular formula is C17H20N2. The monoisotopic (exact) mass is 252 g/mol. The van der Waals surface area contributed by atoms with Crippen LogP contribution in [-0.4, -0.2) is 37.1 Å². The van der Waals surface area contributed by atoms with Gasteiger partial charge in [-0.2, -0.15) is 0 Å². The van der Waals surface area contributed by atoms with Crippen LogP contribution in [0.25, 0.3) is 10.8 Å². The van der Waals surface area contributed by atoms with Crippen molar-refractivity contribution in [3.63, 3.8) is 0 Å². The van der Waals surface area contributed by atoms with Crippen LogP contribution in [0.15, 0.2) is 42.5 Å². The molecule has 0 radical (unpaired) electrons. The van der Waals surface area contributed by atoms with Crippen molar-refractivity contribution < 1.29 is 0 Å². The molecule has 1 atom stereocenters. The van der Waals surface area contributed by atoms with Gasteiger partial charge in [0.1, 0.15) is 0 Å². The van der Waals surface area contributed by atoms with Gasteiger partial charge in [0.2, 0.25) is 0 Å². The third-order valence-corrected chi connectivity index (χ3v) is 4.69. The van der Waals surface area contributed by atoms with Gasteiger partial charge in [0.05, 0.1) is 0 Å². The summed E-state index contributed by atoms with van der Waals surface area (Å²) in [5.41, 5.74) is 1.42. The molecule has 2 heterocycles. The maximum Gasteiger partial charge on any atom is 0.0446 e. The predicted octanol–water partition coefficient (Wildman–Crippen LogP) is 3.12. The molecule has 2 aliphatic heterocycles. The third-order valence-electron chi connectivity index (χ3n) is 4.69. The van der Waals surface area contributed by atoms with Gasteiger partial charge in [0.15, 0.2) is 0 Å². The molecule has 0 amide bonds. The fourth-order valence-electron chi connectivity index (χ4n) is 3.69. The van der Waals surface area contributed by atoms with Gasteiger partial charge in [-0.1, -0.05) is 36.4 Å². The number of benzene rings is 2. The molecule has 2 aromatic rings. The van der Waals surface area contributed by atoms with Crippen LogP contribution in [0.4, 0.5) is 5.69 Å². The van der Waals surface area contributed by atoms with Crippen molar-refractivity contribution in [2.75, 3.05) is 31.1 Å². The van der Waals surface area contributed by atoms with Crippen molar-refractivity contribution >= 4 is 16.5 Å². The number of hydrogen-bond donors (Lipinski definition) is 0. The highest BCUT2D eigenvalue weighted by atomic mass is 15.3. The minimum atomic E-state index is 0.785. The van der Waals surface area contributed by atoms with Crippen molar-refractivity contribution in [2.24, 2.45) is 0 Å². The highest BCUT2D eigenvalue weighted by Crippen LogP contribution is 2.30. The average molecular weight is 252 g/mol. The quantitative estimate of drug-likeness (QED) is 0.769. The molecular weight excluding hydrogens is 232 g/mol. The van der Waals surface area contributed by atoms with Crippen LogP contribution in [0.1, 0.15) is 12.8 Å². The summed E-state index contributed by atoms with van der Waals surface area (Å²) in [4.78, 5) is 5.26. The Morgan fingerprint density at radius 1 is 0.895 bits per heavy atom. The van der Waals surface area contributed by atoms with Crippen LogP contribution in [0, 0.1) is 0 Å². The van der Waals surface area contributed by atoms with Crippen LogP contribution in [0.3, 0.4) is 0 Å². The summed E-state index contributed by atoms with van der Waals surface area (Å²) in [6, 6.07) is 16.2. The Morgan fingerprint density at radius 3 is 2.79 bits per heavy atom. The van der Waals surface area contributed by atoms with Gasteiger partial charge in [-0.25, -0.2) is 0 Å². The molecule has 0 aliphatic carbocycles. The molecule has 0 N–H and O–H groups in total. The van der Waals surface area contributed by atoms with Crippen LogP contribution in [-0.2, 0) is 0 Å². The molecule has 0 saturated carbocycles. The molecule has 98 valence electrons. The maximum atomic E-state index is 2.67. The Labute approximate surface area is 114 Å². The summed E-state index contributed by atoms with van der Waals surface area (Å²) in [7, 11) is 0. The summed E-state index contributed by atoms with van der Waals surface area (Å²) in [5, 5.41) is 2.75. The van der Waals surface area contributed by atoms with E-state index in [-0.39, 0.29) is 0 Å². The Morgan fingerprint density at radius 2 is 1.79 bits per heavy atom. The molecule has 0 spiro atoms. The highest BCUT2D eigenvalue weighted by molar-refractivity contribution is 5.94. The van der Waals surface area contributed by atoms with Gasteiger partial charge in [0.25, 0.3) is 0 Å². The zero-order chi connectivity index (χ0) is 12.7. The molecule has 19 heavy (non-hydrogen) atoms. The van der Waals surface area contributed by atoms with Crippen molar-refractivity contribution in [1.82, 2.24) is 4.90 Å². The van der Waals surface area contributed by atoms with Crippen LogP contribution >= 0.6 is 0 Å². The topological polar surface area (TPSA) is 6.48 Å². The minimum Gasteiger partial charge on any atom is -0.368 e. The number of fused-ring (bicyclic) bond motifs is 2. The van der Waals surface area contributed by atoms with Crippen molar-refractivity contribution in [3.05, 3.63) is 42.5 Å². The fourth-order valence-corrected chi connectivity index (χ4v) is 3.69. The lowest BCUT2D eigenvalue weighted by Gasteiger charge is -2.39. The molecule has 4 rings (SSSR count). The Balaban J connectivity index is 1.70. The summed E-state index contributed by atoms with van der Waals surface area (Å²) in [5.74, 6) is 0. The number of hydrogen-bond acceptors (Lipinski definition) is 2. The molecule has 2 saturated heterocycles. The van der Waals surface area contributed by atoms with E-state index in [4.69, 9.17) is 0 Å². The van der Waals surface area contributed by atoms with Gasteiger partial charge in [0, 0.05) is 36.7 Å². The Kier molecular flexibility index (Phi) is 2.70. The van der Waals surface area contributed by atoms with E-state index < -0.39 is 0 Å². The summed E-state index contributed by atoms with van der Waals surface area (Å²) >= 11 is 0. The Hall–Kier alpha value is -1.54. The summed E-state index contributed by atoms with van der Waals surface area (Å²) in [6.07, 6.45) is 2.76. The second-order valence-corrected chi connectivity index (χ2v) is 5.78. The fraction of sp³-hybridized carbons (Fsp3) is 0.412. The van der Waals surface area contributed by atoms with Crippen LogP contribution in [0.5, 0.6) is 0 Å². The maximum absolute atomic E-state index is 2.67. The van der Waals surface area contributed by atoms with Gasteiger partial charge in [-0.3, -0.25) is 4.90 Å². The number of nitrogens with zero attached hydrogens (tertiary/aromatic N) is 2.